The van der Waals surface area contributed by atoms with Gasteiger partial charge in [-0.1, -0.05) is 20.3 Å². The zero-order valence-corrected chi connectivity index (χ0v) is 11.6. The second kappa shape index (κ2) is 5.55. The Balaban J connectivity index is 2.24. The highest BCUT2D eigenvalue weighted by Gasteiger charge is 2.33. The third-order valence-electron chi connectivity index (χ3n) is 3.90. The minimum Gasteiger partial charge on any atom is -0.350 e. The zero-order valence-electron chi connectivity index (χ0n) is 11.6. The molecule has 1 fully saturated rings. The molecule has 0 N–H and O–H groups in total. The van der Waals surface area contributed by atoms with E-state index >= 15 is 0 Å². The Morgan fingerprint density at radius 1 is 1.58 bits per heavy atom. The summed E-state index contributed by atoms with van der Waals surface area (Å²) in [5.74, 6) is 0.523. The van der Waals surface area contributed by atoms with Crippen LogP contribution in [0.5, 0.6) is 0 Å². The summed E-state index contributed by atoms with van der Waals surface area (Å²) in [6.45, 7) is 6.18. The molecule has 0 aromatic carbocycles. The van der Waals surface area contributed by atoms with Crippen LogP contribution in [-0.4, -0.2) is 23.0 Å². The first-order valence-corrected chi connectivity index (χ1v) is 6.90. The molecule has 1 saturated heterocycles. The molecule has 1 aromatic rings. The van der Waals surface area contributed by atoms with Crippen LogP contribution in [-0.2, 0) is 0 Å². The van der Waals surface area contributed by atoms with Gasteiger partial charge >= 0.3 is 5.69 Å². The summed E-state index contributed by atoms with van der Waals surface area (Å²) in [6, 6.07) is 3.16. The van der Waals surface area contributed by atoms with Crippen LogP contribution < -0.4 is 4.90 Å². The molecule has 0 radical (unpaired) electrons. The molecule has 5 nitrogen and oxygen atoms in total. The van der Waals surface area contributed by atoms with Crippen molar-refractivity contribution < 1.29 is 4.92 Å². The zero-order chi connectivity index (χ0) is 13.9. The lowest BCUT2D eigenvalue weighted by Gasteiger charge is -2.40. The van der Waals surface area contributed by atoms with E-state index in [4.69, 9.17) is 0 Å². The first kappa shape index (κ1) is 13.8. The van der Waals surface area contributed by atoms with Crippen LogP contribution in [0.1, 0.15) is 39.5 Å². The van der Waals surface area contributed by atoms with E-state index in [2.05, 4.69) is 23.7 Å². The molecule has 1 aliphatic rings. The van der Waals surface area contributed by atoms with Gasteiger partial charge in [-0.3, -0.25) is 10.1 Å². The predicted molar refractivity (Wildman–Crippen MR) is 75.4 cm³/mol. The van der Waals surface area contributed by atoms with Crippen LogP contribution in [0.15, 0.2) is 18.3 Å². The van der Waals surface area contributed by atoms with Crippen LogP contribution in [0, 0.1) is 15.5 Å². The van der Waals surface area contributed by atoms with Crippen LogP contribution in [0.4, 0.5) is 11.5 Å². The largest absolute Gasteiger partial charge is 0.350 e. The van der Waals surface area contributed by atoms with Crippen LogP contribution in [0.25, 0.3) is 0 Å². The number of anilines is 1. The summed E-state index contributed by atoms with van der Waals surface area (Å²) in [4.78, 5) is 17.1. The average Bonchev–Trinajstić information content (AvgIpc) is 2.38. The molecule has 2 heterocycles. The van der Waals surface area contributed by atoms with E-state index in [0.717, 1.165) is 32.4 Å². The molecule has 1 aliphatic heterocycles. The standard InChI is InChI=1S/C14H21N3O2/c1-3-7-14(2)8-5-10-16(11-14)13-12(17(18)19)6-4-9-15-13/h4,6,9H,3,5,7-8,10-11H2,1-2H3. The number of nitrogens with zero attached hydrogens (tertiary/aromatic N) is 3. The van der Waals surface area contributed by atoms with Crippen molar-refractivity contribution in [1.82, 2.24) is 4.98 Å². The SMILES string of the molecule is CCCC1(C)CCCN(c2ncccc2[N+](=O)[O-])C1. The van der Waals surface area contributed by atoms with Gasteiger partial charge in [0.15, 0.2) is 0 Å². The second-order valence-corrected chi connectivity index (χ2v) is 5.69. The van der Waals surface area contributed by atoms with Gasteiger partial charge in [0, 0.05) is 25.4 Å². The molecule has 0 amide bonds. The summed E-state index contributed by atoms with van der Waals surface area (Å²) in [7, 11) is 0. The van der Waals surface area contributed by atoms with Gasteiger partial charge in [-0.15, -0.1) is 0 Å². The average molecular weight is 263 g/mol. The fraction of sp³-hybridized carbons (Fsp3) is 0.643. The van der Waals surface area contributed by atoms with Crippen molar-refractivity contribution in [2.45, 2.75) is 39.5 Å². The normalized spacial score (nSPS) is 23.4. The summed E-state index contributed by atoms with van der Waals surface area (Å²) < 4.78 is 0. The van der Waals surface area contributed by atoms with E-state index in [-0.39, 0.29) is 16.0 Å². The molecule has 1 atom stereocenters. The van der Waals surface area contributed by atoms with E-state index < -0.39 is 0 Å². The number of rotatable bonds is 4. The van der Waals surface area contributed by atoms with Crippen molar-refractivity contribution in [3.8, 4) is 0 Å². The molecule has 2 rings (SSSR count). The molecule has 1 unspecified atom stereocenters. The second-order valence-electron chi connectivity index (χ2n) is 5.69. The number of nitro groups is 1. The number of hydrogen-bond acceptors (Lipinski definition) is 4. The Morgan fingerprint density at radius 2 is 2.37 bits per heavy atom. The van der Waals surface area contributed by atoms with Gasteiger partial charge in [0.2, 0.25) is 5.82 Å². The molecule has 19 heavy (non-hydrogen) atoms. The van der Waals surface area contributed by atoms with Gasteiger partial charge in [-0.25, -0.2) is 4.98 Å². The molecule has 0 saturated carbocycles. The number of hydrogen-bond donors (Lipinski definition) is 0. The van der Waals surface area contributed by atoms with Gasteiger partial charge in [0.1, 0.15) is 0 Å². The minimum absolute atomic E-state index is 0.114. The quantitative estimate of drug-likeness (QED) is 0.617. The Hall–Kier alpha value is -1.65. The molecule has 0 spiro atoms. The van der Waals surface area contributed by atoms with Crippen molar-refractivity contribution in [3.05, 3.63) is 28.4 Å². The summed E-state index contributed by atoms with van der Waals surface area (Å²) >= 11 is 0. The summed E-state index contributed by atoms with van der Waals surface area (Å²) in [5, 5.41) is 11.1. The van der Waals surface area contributed by atoms with Gasteiger partial charge in [0.05, 0.1) is 4.92 Å². The molecule has 1 aromatic heterocycles. The molecular formula is C14H21N3O2. The van der Waals surface area contributed by atoms with Gasteiger partial charge in [-0.05, 0) is 30.7 Å². The maximum atomic E-state index is 11.1. The Kier molecular flexibility index (Phi) is 4.02. The first-order valence-electron chi connectivity index (χ1n) is 6.90. The van der Waals surface area contributed by atoms with E-state index in [1.807, 2.05) is 0 Å². The topological polar surface area (TPSA) is 59.3 Å². The molecule has 0 aliphatic carbocycles. The van der Waals surface area contributed by atoms with Crippen molar-refractivity contribution in [2.75, 3.05) is 18.0 Å². The Morgan fingerprint density at radius 3 is 3.05 bits per heavy atom. The van der Waals surface area contributed by atoms with Gasteiger partial charge in [0.25, 0.3) is 0 Å². The number of pyridine rings is 1. The van der Waals surface area contributed by atoms with Crippen molar-refractivity contribution in [1.29, 1.82) is 0 Å². The smallest absolute Gasteiger partial charge is 0.311 e. The highest BCUT2D eigenvalue weighted by Crippen LogP contribution is 2.37. The van der Waals surface area contributed by atoms with Gasteiger partial charge in [-0.2, -0.15) is 0 Å². The van der Waals surface area contributed by atoms with Gasteiger partial charge < -0.3 is 4.90 Å². The third kappa shape index (κ3) is 3.03. The maximum absolute atomic E-state index is 11.1. The fourth-order valence-electron chi connectivity index (χ4n) is 3.08. The summed E-state index contributed by atoms with van der Waals surface area (Å²) in [5.41, 5.74) is 0.363. The first-order chi connectivity index (χ1) is 9.06. The van der Waals surface area contributed by atoms with E-state index in [9.17, 15) is 10.1 Å². The van der Waals surface area contributed by atoms with Crippen molar-refractivity contribution >= 4 is 11.5 Å². The van der Waals surface area contributed by atoms with Crippen molar-refractivity contribution in [3.63, 3.8) is 0 Å². The van der Waals surface area contributed by atoms with Crippen molar-refractivity contribution in [2.24, 2.45) is 5.41 Å². The fourth-order valence-corrected chi connectivity index (χ4v) is 3.08. The van der Waals surface area contributed by atoms with E-state index in [1.165, 1.54) is 12.5 Å². The van der Waals surface area contributed by atoms with Crippen LogP contribution >= 0.6 is 0 Å². The molecule has 0 bridgehead atoms. The monoisotopic (exact) mass is 263 g/mol. The van der Waals surface area contributed by atoms with Crippen LogP contribution in [0.2, 0.25) is 0 Å². The molecule has 104 valence electrons. The minimum atomic E-state index is -0.339. The van der Waals surface area contributed by atoms with E-state index in [0.29, 0.717) is 5.82 Å². The lowest BCUT2D eigenvalue weighted by atomic mass is 9.78. The number of aromatic nitrogens is 1. The Labute approximate surface area is 113 Å². The summed E-state index contributed by atoms with van der Waals surface area (Å²) in [6.07, 6.45) is 6.20. The highest BCUT2D eigenvalue weighted by molar-refractivity contribution is 5.57. The maximum Gasteiger partial charge on any atom is 0.311 e. The molecule has 5 heteroatoms. The van der Waals surface area contributed by atoms with E-state index in [1.54, 1.807) is 12.3 Å². The molecular weight excluding hydrogens is 242 g/mol. The number of piperidine rings is 1. The third-order valence-corrected chi connectivity index (χ3v) is 3.90. The Bertz CT molecular complexity index is 460. The highest BCUT2D eigenvalue weighted by atomic mass is 16.6. The predicted octanol–water partition coefficient (Wildman–Crippen LogP) is 3.40. The lowest BCUT2D eigenvalue weighted by molar-refractivity contribution is -0.384. The van der Waals surface area contributed by atoms with Crippen LogP contribution in [0.3, 0.4) is 0 Å². The lowest BCUT2D eigenvalue weighted by Crippen LogP contribution is -2.42.